The number of rotatable bonds is 7. The van der Waals surface area contributed by atoms with E-state index in [-0.39, 0.29) is 5.82 Å². The van der Waals surface area contributed by atoms with E-state index in [4.69, 9.17) is 4.74 Å². The van der Waals surface area contributed by atoms with Gasteiger partial charge < -0.3 is 15.4 Å². The molecule has 1 saturated heterocycles. The second-order valence-electron chi connectivity index (χ2n) is 5.69. The summed E-state index contributed by atoms with van der Waals surface area (Å²) < 4.78 is 20.1. The Hall–Kier alpha value is -1.14. The number of ether oxygens (including phenoxy) is 1. The highest BCUT2D eigenvalue weighted by Gasteiger charge is 2.14. The van der Waals surface area contributed by atoms with Crippen LogP contribution < -0.4 is 10.6 Å². The van der Waals surface area contributed by atoms with E-state index in [1.165, 1.54) is 12.5 Å². The second kappa shape index (κ2) is 9.88. The molecule has 6 heteroatoms. The molecule has 0 amide bonds. The maximum atomic E-state index is 13.7. The van der Waals surface area contributed by atoms with E-state index in [0.717, 1.165) is 55.0 Å². The lowest BCUT2D eigenvalue weighted by atomic mass is 10.1. The van der Waals surface area contributed by atoms with Gasteiger partial charge in [-0.05, 0) is 49.8 Å². The Morgan fingerprint density at radius 3 is 2.91 bits per heavy atom. The predicted molar refractivity (Wildman–Crippen MR) is 95.4 cm³/mol. The summed E-state index contributed by atoms with van der Waals surface area (Å²) in [6, 6.07) is 5.21. The molecule has 0 aromatic heterocycles. The van der Waals surface area contributed by atoms with E-state index in [2.05, 4.69) is 31.6 Å². The number of guanidine groups is 1. The van der Waals surface area contributed by atoms with Gasteiger partial charge in [-0.15, -0.1) is 0 Å². The van der Waals surface area contributed by atoms with Crippen molar-refractivity contribution < 1.29 is 9.13 Å². The molecule has 1 unspecified atom stereocenters. The Balaban J connectivity index is 1.61. The van der Waals surface area contributed by atoms with Crippen LogP contribution in [0.5, 0.6) is 0 Å². The summed E-state index contributed by atoms with van der Waals surface area (Å²) in [7, 11) is 1.76. The molecule has 128 valence electrons. The third-order valence-corrected chi connectivity index (χ3v) is 4.43. The average Bonchev–Trinajstić information content (AvgIpc) is 3.04. The lowest BCUT2D eigenvalue weighted by molar-refractivity contribution is 0.105. The van der Waals surface area contributed by atoms with Gasteiger partial charge in [-0.1, -0.05) is 22.0 Å². The first-order valence-corrected chi connectivity index (χ1v) is 8.98. The summed E-state index contributed by atoms with van der Waals surface area (Å²) in [5.74, 6) is 0.637. The third kappa shape index (κ3) is 6.47. The van der Waals surface area contributed by atoms with Crippen LogP contribution in [0.25, 0.3) is 0 Å². The largest absolute Gasteiger partial charge is 0.378 e. The number of hydrogen-bond acceptors (Lipinski definition) is 2. The molecule has 1 atom stereocenters. The molecule has 1 aliphatic heterocycles. The van der Waals surface area contributed by atoms with Crippen LogP contribution in [-0.2, 0) is 11.2 Å². The van der Waals surface area contributed by atoms with Gasteiger partial charge in [0.05, 0.1) is 6.10 Å². The number of nitrogens with one attached hydrogen (secondary N) is 2. The number of hydrogen-bond donors (Lipinski definition) is 2. The van der Waals surface area contributed by atoms with Crippen molar-refractivity contribution in [3.8, 4) is 0 Å². The second-order valence-corrected chi connectivity index (χ2v) is 6.60. The first-order valence-electron chi connectivity index (χ1n) is 8.19. The van der Waals surface area contributed by atoms with Crippen molar-refractivity contribution in [3.63, 3.8) is 0 Å². The molecule has 2 rings (SSSR count). The van der Waals surface area contributed by atoms with Gasteiger partial charge in [0.1, 0.15) is 5.82 Å². The fourth-order valence-electron chi connectivity index (χ4n) is 2.65. The van der Waals surface area contributed by atoms with Gasteiger partial charge in [-0.25, -0.2) is 4.39 Å². The van der Waals surface area contributed by atoms with Crippen molar-refractivity contribution in [1.82, 2.24) is 10.6 Å². The first kappa shape index (κ1) is 18.2. The van der Waals surface area contributed by atoms with Crippen molar-refractivity contribution in [3.05, 3.63) is 34.1 Å². The molecule has 1 aromatic carbocycles. The van der Waals surface area contributed by atoms with Crippen LogP contribution in [0.3, 0.4) is 0 Å². The minimum atomic E-state index is -0.154. The molecule has 0 bridgehead atoms. The molecule has 1 aromatic rings. The van der Waals surface area contributed by atoms with E-state index < -0.39 is 0 Å². The third-order valence-electron chi connectivity index (χ3n) is 3.94. The zero-order valence-corrected chi connectivity index (χ0v) is 15.2. The van der Waals surface area contributed by atoms with Crippen molar-refractivity contribution in [1.29, 1.82) is 0 Å². The molecule has 0 saturated carbocycles. The van der Waals surface area contributed by atoms with Crippen LogP contribution in [0.1, 0.15) is 31.2 Å². The quantitative estimate of drug-likeness (QED) is 0.430. The molecule has 0 spiro atoms. The van der Waals surface area contributed by atoms with Crippen LogP contribution in [0.15, 0.2) is 27.7 Å². The van der Waals surface area contributed by atoms with E-state index in [1.807, 2.05) is 12.1 Å². The zero-order valence-electron chi connectivity index (χ0n) is 13.6. The van der Waals surface area contributed by atoms with Crippen LogP contribution in [0.4, 0.5) is 4.39 Å². The van der Waals surface area contributed by atoms with Crippen LogP contribution in [-0.4, -0.2) is 38.8 Å². The van der Waals surface area contributed by atoms with E-state index >= 15 is 0 Å². The molecule has 4 nitrogen and oxygen atoms in total. The molecule has 2 N–H and O–H groups in total. The SMILES string of the molecule is CN=C(NCCCc1ccc(Br)cc1F)NCCC1CCCO1. The lowest BCUT2D eigenvalue weighted by Crippen LogP contribution is -2.39. The van der Waals surface area contributed by atoms with Crippen molar-refractivity contribution in [2.45, 2.75) is 38.2 Å². The fraction of sp³-hybridized carbons (Fsp3) is 0.588. The van der Waals surface area contributed by atoms with Crippen molar-refractivity contribution in [2.24, 2.45) is 4.99 Å². The monoisotopic (exact) mass is 385 g/mol. The summed E-state index contributed by atoms with van der Waals surface area (Å²) in [5, 5.41) is 6.55. The van der Waals surface area contributed by atoms with Gasteiger partial charge in [0, 0.05) is 31.2 Å². The Bertz CT molecular complexity index is 519. The molecular weight excluding hydrogens is 361 g/mol. The minimum absolute atomic E-state index is 0.154. The normalized spacial score (nSPS) is 18.2. The van der Waals surface area contributed by atoms with Gasteiger partial charge in [0.15, 0.2) is 5.96 Å². The average molecular weight is 386 g/mol. The molecule has 1 fully saturated rings. The number of nitrogens with zero attached hydrogens (tertiary/aromatic N) is 1. The Labute approximate surface area is 146 Å². The van der Waals surface area contributed by atoms with Gasteiger partial charge in [-0.3, -0.25) is 4.99 Å². The summed E-state index contributed by atoms with van der Waals surface area (Å²) in [4.78, 5) is 4.20. The maximum Gasteiger partial charge on any atom is 0.190 e. The molecule has 1 aliphatic rings. The van der Waals surface area contributed by atoms with Crippen molar-refractivity contribution in [2.75, 3.05) is 26.7 Å². The predicted octanol–water partition coefficient (Wildman–Crippen LogP) is 3.25. The first-order chi connectivity index (χ1) is 11.2. The van der Waals surface area contributed by atoms with Gasteiger partial charge in [-0.2, -0.15) is 0 Å². The molecule has 0 aliphatic carbocycles. The number of benzene rings is 1. The maximum absolute atomic E-state index is 13.7. The van der Waals surface area contributed by atoms with Crippen LogP contribution >= 0.6 is 15.9 Å². The highest BCUT2D eigenvalue weighted by atomic mass is 79.9. The molecule has 1 heterocycles. The van der Waals surface area contributed by atoms with E-state index in [9.17, 15) is 4.39 Å². The highest BCUT2D eigenvalue weighted by molar-refractivity contribution is 9.10. The molecular formula is C17H25BrFN3O. The van der Waals surface area contributed by atoms with Crippen LogP contribution in [0, 0.1) is 5.82 Å². The van der Waals surface area contributed by atoms with Crippen molar-refractivity contribution >= 4 is 21.9 Å². The Kier molecular flexibility index (Phi) is 7.82. The minimum Gasteiger partial charge on any atom is -0.378 e. The highest BCUT2D eigenvalue weighted by Crippen LogP contribution is 2.16. The summed E-state index contributed by atoms with van der Waals surface area (Å²) >= 11 is 3.27. The van der Waals surface area contributed by atoms with E-state index in [0.29, 0.717) is 12.5 Å². The summed E-state index contributed by atoms with van der Waals surface area (Å²) in [6.07, 6.45) is 5.28. The smallest absolute Gasteiger partial charge is 0.190 e. The Morgan fingerprint density at radius 2 is 2.22 bits per heavy atom. The van der Waals surface area contributed by atoms with Gasteiger partial charge in [0.25, 0.3) is 0 Å². The number of halogens is 2. The van der Waals surface area contributed by atoms with E-state index in [1.54, 1.807) is 7.05 Å². The number of aliphatic imine (C=N–C) groups is 1. The lowest BCUT2D eigenvalue weighted by Gasteiger charge is -2.14. The molecule has 0 radical (unpaired) electrons. The zero-order chi connectivity index (χ0) is 16.5. The fourth-order valence-corrected chi connectivity index (χ4v) is 2.99. The molecule has 23 heavy (non-hydrogen) atoms. The van der Waals surface area contributed by atoms with Crippen LogP contribution in [0.2, 0.25) is 0 Å². The standard InChI is InChI=1S/C17H25BrFN3O/c1-20-17(22-10-8-15-5-3-11-23-15)21-9-2-4-13-6-7-14(18)12-16(13)19/h6-7,12,15H,2-5,8-11H2,1H3,(H2,20,21,22). The topological polar surface area (TPSA) is 45.7 Å². The van der Waals surface area contributed by atoms with Gasteiger partial charge >= 0.3 is 0 Å². The summed E-state index contributed by atoms with van der Waals surface area (Å²) in [5.41, 5.74) is 0.747. The Morgan fingerprint density at radius 1 is 1.39 bits per heavy atom. The van der Waals surface area contributed by atoms with Gasteiger partial charge in [0.2, 0.25) is 0 Å². The summed E-state index contributed by atoms with van der Waals surface area (Å²) in [6.45, 7) is 2.51. The number of aryl methyl sites for hydroxylation is 1.